The van der Waals surface area contributed by atoms with Gasteiger partial charge in [0.15, 0.2) is 0 Å². The van der Waals surface area contributed by atoms with E-state index in [-0.39, 0.29) is 17.3 Å². The van der Waals surface area contributed by atoms with Crippen molar-refractivity contribution in [1.29, 1.82) is 0 Å². The number of ether oxygens (including phenoxy) is 1. The standard InChI is InChI=1S/C27H30O2/c1-21(28)20-25(26(2,3)4)29-27(22-14-8-5-9-15-22,23-16-10-6-11-17-23)24-18-12-7-13-19-24/h5-19,25H,20H2,1-4H3/t25-/m1/s1. The summed E-state index contributed by atoms with van der Waals surface area (Å²) in [5, 5.41) is 0. The zero-order valence-electron chi connectivity index (χ0n) is 17.8. The lowest BCUT2D eigenvalue weighted by Gasteiger charge is -2.42. The second-order valence-corrected chi connectivity index (χ2v) is 8.66. The highest BCUT2D eigenvalue weighted by atomic mass is 16.5. The first-order valence-electron chi connectivity index (χ1n) is 10.2. The molecule has 0 amide bonds. The average Bonchev–Trinajstić information content (AvgIpc) is 2.72. The van der Waals surface area contributed by atoms with Crippen LogP contribution in [0.3, 0.4) is 0 Å². The fourth-order valence-electron chi connectivity index (χ4n) is 3.72. The third-order valence-electron chi connectivity index (χ3n) is 5.30. The summed E-state index contributed by atoms with van der Waals surface area (Å²) in [5.74, 6) is 0.132. The second kappa shape index (κ2) is 8.75. The van der Waals surface area contributed by atoms with Crippen LogP contribution in [0, 0.1) is 5.41 Å². The normalized spacial score (nSPS) is 13.1. The van der Waals surface area contributed by atoms with Gasteiger partial charge in [-0.05, 0) is 29.0 Å². The number of hydrogen-bond donors (Lipinski definition) is 0. The molecule has 0 saturated carbocycles. The third kappa shape index (κ3) is 4.65. The van der Waals surface area contributed by atoms with Crippen molar-refractivity contribution in [2.75, 3.05) is 0 Å². The van der Waals surface area contributed by atoms with Gasteiger partial charge in [-0.15, -0.1) is 0 Å². The van der Waals surface area contributed by atoms with Crippen LogP contribution in [0.5, 0.6) is 0 Å². The first kappa shape index (κ1) is 21.0. The van der Waals surface area contributed by atoms with Gasteiger partial charge in [0, 0.05) is 6.42 Å². The molecule has 3 aromatic rings. The number of carbonyl (C=O) groups excluding carboxylic acids is 1. The van der Waals surface area contributed by atoms with E-state index >= 15 is 0 Å². The quantitative estimate of drug-likeness (QED) is 0.440. The van der Waals surface area contributed by atoms with Crippen molar-refractivity contribution in [3.8, 4) is 0 Å². The minimum atomic E-state index is -0.808. The Kier molecular flexibility index (Phi) is 6.34. The average molecular weight is 387 g/mol. The number of Topliss-reactive ketones (excluding diaryl/α,β-unsaturated/α-hetero) is 1. The van der Waals surface area contributed by atoms with Crippen molar-refractivity contribution < 1.29 is 9.53 Å². The van der Waals surface area contributed by atoms with Gasteiger partial charge >= 0.3 is 0 Å². The molecule has 2 heteroatoms. The first-order chi connectivity index (χ1) is 13.8. The highest BCUT2D eigenvalue weighted by Crippen LogP contribution is 2.44. The molecule has 0 aromatic heterocycles. The molecule has 2 nitrogen and oxygen atoms in total. The molecule has 0 bridgehead atoms. The summed E-state index contributed by atoms with van der Waals surface area (Å²) in [7, 11) is 0. The van der Waals surface area contributed by atoms with Crippen LogP contribution in [0.25, 0.3) is 0 Å². The fraction of sp³-hybridized carbons (Fsp3) is 0.296. The molecule has 0 radical (unpaired) electrons. The SMILES string of the molecule is CC(=O)C[C@@H](OC(c1ccccc1)(c1ccccc1)c1ccccc1)C(C)(C)C. The molecule has 1 atom stereocenters. The van der Waals surface area contributed by atoms with Gasteiger partial charge in [0.1, 0.15) is 11.4 Å². The summed E-state index contributed by atoms with van der Waals surface area (Å²) in [5.41, 5.74) is 2.15. The smallest absolute Gasteiger partial charge is 0.144 e. The van der Waals surface area contributed by atoms with Gasteiger partial charge in [0.25, 0.3) is 0 Å². The summed E-state index contributed by atoms with van der Waals surface area (Å²) >= 11 is 0. The van der Waals surface area contributed by atoms with Crippen LogP contribution < -0.4 is 0 Å². The number of carbonyl (C=O) groups is 1. The Morgan fingerprint density at radius 1 is 0.724 bits per heavy atom. The Morgan fingerprint density at radius 3 is 1.34 bits per heavy atom. The minimum absolute atomic E-state index is 0.132. The number of hydrogen-bond acceptors (Lipinski definition) is 2. The van der Waals surface area contributed by atoms with Gasteiger partial charge < -0.3 is 4.74 Å². The van der Waals surface area contributed by atoms with Crippen LogP contribution >= 0.6 is 0 Å². The Morgan fingerprint density at radius 2 is 1.07 bits per heavy atom. The summed E-state index contributed by atoms with van der Waals surface area (Å²) in [4.78, 5) is 12.1. The van der Waals surface area contributed by atoms with Crippen LogP contribution in [0.2, 0.25) is 0 Å². The molecule has 0 unspecified atom stereocenters. The molecule has 0 saturated heterocycles. The second-order valence-electron chi connectivity index (χ2n) is 8.66. The highest BCUT2D eigenvalue weighted by Gasteiger charge is 2.42. The van der Waals surface area contributed by atoms with E-state index in [1.165, 1.54) is 0 Å². The molecule has 3 rings (SSSR count). The lowest BCUT2D eigenvalue weighted by molar-refractivity contribution is -0.131. The monoisotopic (exact) mass is 386 g/mol. The Labute approximate surface area is 174 Å². The van der Waals surface area contributed by atoms with E-state index in [0.29, 0.717) is 6.42 Å². The summed E-state index contributed by atoms with van der Waals surface area (Å²) in [6, 6.07) is 30.9. The van der Waals surface area contributed by atoms with Crippen LogP contribution in [0.15, 0.2) is 91.0 Å². The number of ketones is 1. The van der Waals surface area contributed by atoms with Crippen molar-refractivity contribution in [3.63, 3.8) is 0 Å². The molecule has 29 heavy (non-hydrogen) atoms. The first-order valence-corrected chi connectivity index (χ1v) is 10.2. The topological polar surface area (TPSA) is 26.3 Å². The van der Waals surface area contributed by atoms with Gasteiger partial charge in [0.05, 0.1) is 6.10 Å². The number of benzene rings is 3. The van der Waals surface area contributed by atoms with Gasteiger partial charge in [-0.3, -0.25) is 4.79 Å². The largest absolute Gasteiger partial charge is 0.357 e. The fourth-order valence-corrected chi connectivity index (χ4v) is 3.72. The maximum atomic E-state index is 12.1. The van der Waals surface area contributed by atoms with Gasteiger partial charge in [-0.1, -0.05) is 112 Å². The maximum absolute atomic E-state index is 12.1. The molecule has 0 N–H and O–H groups in total. The maximum Gasteiger partial charge on any atom is 0.144 e. The molecule has 3 aromatic carbocycles. The van der Waals surface area contributed by atoms with E-state index in [2.05, 4.69) is 57.2 Å². The predicted octanol–water partition coefficient (Wildman–Crippen LogP) is 6.39. The van der Waals surface area contributed by atoms with Crippen LogP contribution in [0.4, 0.5) is 0 Å². The van der Waals surface area contributed by atoms with E-state index in [1.807, 2.05) is 54.6 Å². The Balaban J connectivity index is 2.29. The van der Waals surface area contributed by atoms with Crippen molar-refractivity contribution >= 4 is 5.78 Å². The van der Waals surface area contributed by atoms with E-state index in [9.17, 15) is 4.79 Å². The van der Waals surface area contributed by atoms with Gasteiger partial charge in [0.2, 0.25) is 0 Å². The lowest BCUT2D eigenvalue weighted by atomic mass is 9.78. The highest BCUT2D eigenvalue weighted by molar-refractivity contribution is 5.76. The lowest BCUT2D eigenvalue weighted by Crippen LogP contribution is -2.42. The Hall–Kier alpha value is -2.71. The summed E-state index contributed by atoms with van der Waals surface area (Å²) in [6.07, 6.45) is 0.123. The molecule has 0 fully saturated rings. The summed E-state index contributed by atoms with van der Waals surface area (Å²) < 4.78 is 7.05. The van der Waals surface area contributed by atoms with Crippen LogP contribution in [-0.2, 0) is 15.1 Å². The van der Waals surface area contributed by atoms with E-state index < -0.39 is 5.60 Å². The van der Waals surface area contributed by atoms with E-state index in [4.69, 9.17) is 4.74 Å². The zero-order chi connectivity index (χ0) is 20.9. The predicted molar refractivity (Wildman–Crippen MR) is 119 cm³/mol. The molecule has 0 spiro atoms. The van der Waals surface area contributed by atoms with Crippen molar-refractivity contribution in [1.82, 2.24) is 0 Å². The van der Waals surface area contributed by atoms with Crippen molar-refractivity contribution in [2.24, 2.45) is 5.41 Å². The number of rotatable bonds is 7. The zero-order valence-corrected chi connectivity index (χ0v) is 17.8. The van der Waals surface area contributed by atoms with Gasteiger partial charge in [-0.25, -0.2) is 0 Å². The molecule has 0 aliphatic rings. The molecule has 0 aliphatic heterocycles. The van der Waals surface area contributed by atoms with Crippen molar-refractivity contribution in [3.05, 3.63) is 108 Å². The van der Waals surface area contributed by atoms with Crippen molar-refractivity contribution in [2.45, 2.75) is 45.8 Å². The molecular formula is C27H30O2. The summed E-state index contributed by atoms with van der Waals surface area (Å²) in [6.45, 7) is 8.03. The Bertz CT molecular complexity index is 812. The molecule has 150 valence electrons. The molecule has 0 heterocycles. The minimum Gasteiger partial charge on any atom is -0.357 e. The van der Waals surface area contributed by atoms with Crippen LogP contribution in [-0.4, -0.2) is 11.9 Å². The van der Waals surface area contributed by atoms with E-state index in [1.54, 1.807) is 6.92 Å². The van der Waals surface area contributed by atoms with E-state index in [0.717, 1.165) is 16.7 Å². The van der Waals surface area contributed by atoms with Gasteiger partial charge in [-0.2, -0.15) is 0 Å². The van der Waals surface area contributed by atoms with Crippen LogP contribution in [0.1, 0.15) is 50.8 Å². The molecular weight excluding hydrogens is 356 g/mol. The third-order valence-corrected chi connectivity index (χ3v) is 5.30. The molecule has 0 aliphatic carbocycles.